The van der Waals surface area contributed by atoms with Crippen molar-refractivity contribution in [3.05, 3.63) is 35.6 Å². The quantitative estimate of drug-likeness (QED) is 0.494. The monoisotopic (exact) mass is 156 g/mol. The minimum atomic E-state index is -1.09. The van der Waals surface area contributed by atoms with Gasteiger partial charge in [-0.2, -0.15) is 5.26 Å². The summed E-state index contributed by atoms with van der Waals surface area (Å²) in [7, 11) is 0. The molecule has 0 aliphatic heterocycles. The normalized spacial score (nSPS) is 9.27. The van der Waals surface area contributed by atoms with Gasteiger partial charge in [0.15, 0.2) is 0 Å². The zero-order valence-corrected chi connectivity index (χ0v) is 5.45. The second-order valence-corrected chi connectivity index (χ2v) is 1.86. The van der Waals surface area contributed by atoms with Gasteiger partial charge in [-0.1, -0.05) is 12.1 Å². The molecule has 0 radical (unpaired) electrons. The van der Waals surface area contributed by atoms with Gasteiger partial charge >= 0.3 is 5.97 Å². The van der Waals surface area contributed by atoms with Gasteiger partial charge in [0, 0.05) is 0 Å². The van der Waals surface area contributed by atoms with Crippen molar-refractivity contribution >= 4 is 5.97 Å². The van der Waals surface area contributed by atoms with E-state index in [1.807, 2.05) is 0 Å². The van der Waals surface area contributed by atoms with Crippen LogP contribution in [0.15, 0.2) is 24.3 Å². The van der Waals surface area contributed by atoms with Gasteiger partial charge in [-0.3, -0.25) is 4.89 Å². The maximum atomic E-state index is 12.6. The fraction of sp³-hybridized carbons (Fsp3) is 0. The average Bonchev–Trinajstić information content (AvgIpc) is 2.04. The van der Waals surface area contributed by atoms with Gasteiger partial charge in [0.2, 0.25) is 0 Å². The fourth-order valence-electron chi connectivity index (χ4n) is 0.676. The van der Waals surface area contributed by atoms with Crippen LogP contribution >= 0.6 is 0 Å². The van der Waals surface area contributed by atoms with Gasteiger partial charge in [0.1, 0.15) is 5.82 Å². The maximum Gasteiger partial charge on any atom is 0.375 e. The molecule has 0 aromatic heterocycles. The Morgan fingerprint density at radius 2 is 2.09 bits per heavy atom. The van der Waals surface area contributed by atoms with E-state index in [1.54, 1.807) is 0 Å². The van der Waals surface area contributed by atoms with Crippen LogP contribution < -0.4 is 0 Å². The third kappa shape index (κ3) is 1.53. The zero-order chi connectivity index (χ0) is 8.27. The molecule has 3 nitrogen and oxygen atoms in total. The van der Waals surface area contributed by atoms with Crippen molar-refractivity contribution in [2.75, 3.05) is 0 Å². The van der Waals surface area contributed by atoms with Crippen LogP contribution in [0.3, 0.4) is 0 Å². The molecule has 4 heteroatoms. The predicted molar refractivity (Wildman–Crippen MR) is 34.4 cm³/mol. The van der Waals surface area contributed by atoms with Crippen LogP contribution in [0.25, 0.3) is 0 Å². The Morgan fingerprint density at radius 1 is 1.45 bits per heavy atom. The number of carbonyl (C=O) groups is 1. The first-order chi connectivity index (χ1) is 5.25. The Labute approximate surface area is 62.0 Å². The molecule has 0 aliphatic rings. The number of carbonyl (C=O) groups excluding carboxylic acids is 1. The van der Waals surface area contributed by atoms with Crippen molar-refractivity contribution in [1.82, 2.24) is 0 Å². The molecule has 0 heterocycles. The molecular formula is C7H5FO3. The van der Waals surface area contributed by atoms with Crippen LogP contribution in [0.4, 0.5) is 4.39 Å². The summed E-state index contributed by atoms with van der Waals surface area (Å²) in [6.45, 7) is 0. The lowest BCUT2D eigenvalue weighted by molar-refractivity contribution is -0.183. The average molecular weight is 156 g/mol. The van der Waals surface area contributed by atoms with Crippen LogP contribution in [0.2, 0.25) is 0 Å². The molecule has 11 heavy (non-hydrogen) atoms. The van der Waals surface area contributed by atoms with Gasteiger partial charge in [0.05, 0.1) is 5.56 Å². The molecule has 1 aromatic rings. The third-order valence-corrected chi connectivity index (χ3v) is 1.18. The molecule has 0 amide bonds. The highest BCUT2D eigenvalue weighted by Crippen LogP contribution is 2.06. The Balaban J connectivity index is 3.03. The zero-order valence-electron chi connectivity index (χ0n) is 5.45. The fourth-order valence-corrected chi connectivity index (χ4v) is 0.676. The number of rotatable bonds is 1. The summed E-state index contributed by atoms with van der Waals surface area (Å²) in [6, 6.07) is 5.22. The highest BCUT2D eigenvalue weighted by molar-refractivity contribution is 5.89. The molecule has 0 aliphatic carbocycles. The number of hydrogen-bond donors (Lipinski definition) is 1. The predicted octanol–water partition coefficient (Wildman–Crippen LogP) is 1.46. The Kier molecular flexibility index (Phi) is 2.18. The van der Waals surface area contributed by atoms with Gasteiger partial charge in [-0.05, 0) is 12.1 Å². The molecule has 1 rings (SSSR count). The Morgan fingerprint density at radius 3 is 2.64 bits per heavy atom. The van der Waals surface area contributed by atoms with E-state index in [2.05, 4.69) is 4.89 Å². The molecule has 0 fully saturated rings. The summed E-state index contributed by atoms with van der Waals surface area (Å²) in [6.07, 6.45) is 0. The van der Waals surface area contributed by atoms with Crippen LogP contribution in [0.5, 0.6) is 0 Å². The summed E-state index contributed by atoms with van der Waals surface area (Å²) >= 11 is 0. The van der Waals surface area contributed by atoms with E-state index < -0.39 is 11.8 Å². The van der Waals surface area contributed by atoms with E-state index in [9.17, 15) is 9.18 Å². The van der Waals surface area contributed by atoms with E-state index in [0.29, 0.717) is 0 Å². The standard InChI is InChI=1S/C7H5FO3/c8-6-4-2-1-3-5(6)7(9)11-10/h1-4,10H. The largest absolute Gasteiger partial charge is 0.375 e. The van der Waals surface area contributed by atoms with Crippen LogP contribution in [-0.4, -0.2) is 11.2 Å². The number of halogens is 1. The van der Waals surface area contributed by atoms with Crippen LogP contribution in [-0.2, 0) is 4.89 Å². The third-order valence-electron chi connectivity index (χ3n) is 1.18. The van der Waals surface area contributed by atoms with Gasteiger partial charge in [-0.15, -0.1) is 0 Å². The smallest absolute Gasteiger partial charge is 0.295 e. The molecule has 0 spiro atoms. The highest BCUT2D eigenvalue weighted by atomic mass is 19.1. The van der Waals surface area contributed by atoms with Crippen molar-refractivity contribution in [2.45, 2.75) is 0 Å². The molecule has 1 aromatic carbocycles. The van der Waals surface area contributed by atoms with Crippen molar-refractivity contribution < 1.29 is 19.3 Å². The van der Waals surface area contributed by atoms with E-state index in [1.165, 1.54) is 18.2 Å². The van der Waals surface area contributed by atoms with Crippen molar-refractivity contribution in [3.63, 3.8) is 0 Å². The van der Waals surface area contributed by atoms with Gasteiger partial charge < -0.3 is 0 Å². The summed E-state index contributed by atoms with van der Waals surface area (Å²) in [5.41, 5.74) is -0.282. The summed E-state index contributed by atoms with van der Waals surface area (Å²) < 4.78 is 12.6. The summed E-state index contributed by atoms with van der Waals surface area (Å²) in [4.78, 5) is 13.9. The van der Waals surface area contributed by atoms with E-state index >= 15 is 0 Å². The first-order valence-corrected chi connectivity index (χ1v) is 2.86. The Hall–Kier alpha value is -1.42. The minimum Gasteiger partial charge on any atom is -0.295 e. The van der Waals surface area contributed by atoms with Crippen LogP contribution in [0.1, 0.15) is 10.4 Å². The lowest BCUT2D eigenvalue weighted by Gasteiger charge is -1.96. The highest BCUT2D eigenvalue weighted by Gasteiger charge is 2.10. The first-order valence-electron chi connectivity index (χ1n) is 2.86. The maximum absolute atomic E-state index is 12.6. The second kappa shape index (κ2) is 3.12. The summed E-state index contributed by atoms with van der Waals surface area (Å²) in [5.74, 6) is -1.81. The van der Waals surface area contributed by atoms with E-state index in [-0.39, 0.29) is 5.56 Å². The lowest BCUT2D eigenvalue weighted by atomic mass is 10.2. The SMILES string of the molecule is O=C(OO)c1ccccc1F. The number of benzene rings is 1. The molecular weight excluding hydrogens is 151 g/mol. The molecule has 0 saturated heterocycles. The number of hydrogen-bond acceptors (Lipinski definition) is 3. The van der Waals surface area contributed by atoms with Crippen molar-refractivity contribution in [1.29, 1.82) is 0 Å². The minimum absolute atomic E-state index is 0.282. The molecule has 0 atom stereocenters. The molecule has 1 N–H and O–H groups in total. The van der Waals surface area contributed by atoms with Crippen molar-refractivity contribution in [3.8, 4) is 0 Å². The van der Waals surface area contributed by atoms with E-state index in [0.717, 1.165) is 6.07 Å². The Bertz CT molecular complexity index is 272. The van der Waals surface area contributed by atoms with Gasteiger partial charge in [-0.25, -0.2) is 9.18 Å². The van der Waals surface area contributed by atoms with Crippen LogP contribution in [0, 0.1) is 5.82 Å². The van der Waals surface area contributed by atoms with E-state index in [4.69, 9.17) is 5.26 Å². The topological polar surface area (TPSA) is 46.5 Å². The molecule has 0 saturated carbocycles. The first kappa shape index (κ1) is 7.68. The molecule has 58 valence electrons. The lowest BCUT2D eigenvalue weighted by Crippen LogP contribution is -2.03. The molecule has 0 bridgehead atoms. The summed E-state index contributed by atoms with van der Waals surface area (Å²) in [5, 5.41) is 7.90. The second-order valence-electron chi connectivity index (χ2n) is 1.86. The molecule has 0 unspecified atom stereocenters. The van der Waals surface area contributed by atoms with Gasteiger partial charge in [0.25, 0.3) is 0 Å². The van der Waals surface area contributed by atoms with Crippen molar-refractivity contribution in [2.24, 2.45) is 0 Å².